The van der Waals surface area contributed by atoms with Gasteiger partial charge in [0.05, 0.1) is 12.2 Å². The molecule has 0 fully saturated rings. The topological polar surface area (TPSA) is 99.6 Å². The van der Waals surface area contributed by atoms with Crippen molar-refractivity contribution >= 4 is 34.0 Å². The number of nitrogens with two attached hydrogens (primary N) is 1. The molecular weight excluding hydrogens is 388 g/mol. The minimum atomic E-state index is -0.453. The second-order valence-corrected chi connectivity index (χ2v) is 7.42. The fourth-order valence-electron chi connectivity index (χ4n) is 2.88. The molecule has 0 aliphatic heterocycles. The summed E-state index contributed by atoms with van der Waals surface area (Å²) in [7, 11) is 0. The SMILES string of the molecule is CCOC1=C/C(=C/c2c(N)n3nc(-c4ccc(C)cc4)sc3nc2=O)C=CC1=O. The minimum absolute atomic E-state index is 0.193. The third-order valence-corrected chi connectivity index (χ3v) is 5.33. The molecule has 0 bridgehead atoms. The molecule has 0 atom stereocenters. The molecule has 29 heavy (non-hydrogen) atoms. The number of fused-ring (bicyclic) bond motifs is 1. The molecule has 0 spiro atoms. The average molecular weight is 406 g/mol. The van der Waals surface area contributed by atoms with Crippen LogP contribution in [-0.2, 0) is 9.53 Å². The maximum Gasteiger partial charge on any atom is 0.283 e. The van der Waals surface area contributed by atoms with Gasteiger partial charge in [0.25, 0.3) is 5.56 Å². The van der Waals surface area contributed by atoms with Crippen LogP contribution in [0, 0.1) is 6.92 Å². The number of hydrogen-bond donors (Lipinski definition) is 1. The van der Waals surface area contributed by atoms with Gasteiger partial charge in [0.2, 0.25) is 10.7 Å². The second kappa shape index (κ2) is 7.48. The van der Waals surface area contributed by atoms with Gasteiger partial charge in [-0.25, -0.2) is 0 Å². The van der Waals surface area contributed by atoms with E-state index in [1.54, 1.807) is 25.2 Å². The normalized spacial score (nSPS) is 15.2. The number of aryl methyl sites for hydroxylation is 1. The van der Waals surface area contributed by atoms with Gasteiger partial charge in [0.15, 0.2) is 5.76 Å². The summed E-state index contributed by atoms with van der Waals surface area (Å²) < 4.78 is 6.80. The Morgan fingerprint density at radius 1 is 1.21 bits per heavy atom. The lowest BCUT2D eigenvalue weighted by molar-refractivity contribution is -0.114. The Balaban J connectivity index is 1.80. The standard InChI is InChI=1S/C21H18N4O3S/c1-3-28-17-11-13(6-9-16(17)26)10-15-18(22)25-21(23-19(15)27)29-20(24-25)14-7-4-12(2)5-8-14/h4-11H,3,22H2,1-2H3/b13-10+. The van der Waals surface area contributed by atoms with E-state index in [1.165, 1.54) is 21.9 Å². The number of nitrogens with zero attached hydrogens (tertiary/aromatic N) is 3. The van der Waals surface area contributed by atoms with Crippen molar-refractivity contribution in [2.45, 2.75) is 13.8 Å². The highest BCUT2D eigenvalue weighted by molar-refractivity contribution is 7.19. The van der Waals surface area contributed by atoms with Crippen molar-refractivity contribution < 1.29 is 9.53 Å². The first-order chi connectivity index (χ1) is 14.0. The summed E-state index contributed by atoms with van der Waals surface area (Å²) in [4.78, 5) is 29.0. The van der Waals surface area contributed by atoms with E-state index in [9.17, 15) is 9.59 Å². The van der Waals surface area contributed by atoms with E-state index >= 15 is 0 Å². The molecule has 4 rings (SSSR count). The molecule has 2 aromatic heterocycles. The number of ether oxygens (including phenoxy) is 1. The van der Waals surface area contributed by atoms with Crippen LogP contribution in [0.3, 0.4) is 0 Å². The maximum absolute atomic E-state index is 12.6. The van der Waals surface area contributed by atoms with Crippen molar-refractivity contribution in [1.29, 1.82) is 0 Å². The van der Waals surface area contributed by atoms with Crippen LogP contribution in [0.4, 0.5) is 5.82 Å². The lowest BCUT2D eigenvalue weighted by Gasteiger charge is -2.10. The zero-order valence-corrected chi connectivity index (χ0v) is 16.7. The van der Waals surface area contributed by atoms with Crippen molar-refractivity contribution in [3.8, 4) is 10.6 Å². The molecule has 2 N–H and O–H groups in total. The average Bonchev–Trinajstić information content (AvgIpc) is 3.12. The number of ketones is 1. The smallest absolute Gasteiger partial charge is 0.283 e. The van der Waals surface area contributed by atoms with Crippen molar-refractivity contribution in [2.75, 3.05) is 12.3 Å². The summed E-state index contributed by atoms with van der Waals surface area (Å²) in [5.41, 5.74) is 8.70. The maximum atomic E-state index is 12.6. The quantitative estimate of drug-likeness (QED) is 0.714. The van der Waals surface area contributed by atoms with Crippen LogP contribution in [0.2, 0.25) is 0 Å². The molecular formula is C21H18N4O3S. The summed E-state index contributed by atoms with van der Waals surface area (Å²) in [6.07, 6.45) is 6.18. The van der Waals surface area contributed by atoms with Gasteiger partial charge in [0, 0.05) is 5.56 Å². The van der Waals surface area contributed by atoms with Gasteiger partial charge in [-0.1, -0.05) is 47.2 Å². The molecule has 0 unspecified atom stereocenters. The van der Waals surface area contributed by atoms with E-state index in [-0.39, 0.29) is 22.9 Å². The number of rotatable bonds is 4. The van der Waals surface area contributed by atoms with Crippen LogP contribution >= 0.6 is 11.3 Å². The van der Waals surface area contributed by atoms with Crippen molar-refractivity contribution in [3.63, 3.8) is 0 Å². The van der Waals surface area contributed by atoms with Gasteiger partial charge in [0.1, 0.15) is 10.8 Å². The van der Waals surface area contributed by atoms with Crippen molar-refractivity contribution in [2.24, 2.45) is 0 Å². The van der Waals surface area contributed by atoms with Gasteiger partial charge < -0.3 is 10.5 Å². The van der Waals surface area contributed by atoms with E-state index in [1.807, 2.05) is 31.2 Å². The van der Waals surface area contributed by atoms with Crippen molar-refractivity contribution in [1.82, 2.24) is 14.6 Å². The molecule has 1 aliphatic carbocycles. The third kappa shape index (κ3) is 3.62. The Bertz CT molecular complexity index is 1260. The fourth-order valence-corrected chi connectivity index (χ4v) is 3.78. The van der Waals surface area contributed by atoms with E-state index in [2.05, 4.69) is 10.1 Å². The summed E-state index contributed by atoms with van der Waals surface area (Å²) in [6.45, 7) is 4.18. The predicted octanol–water partition coefficient (Wildman–Crippen LogP) is 3.15. The van der Waals surface area contributed by atoms with Crippen molar-refractivity contribution in [3.05, 3.63) is 75.3 Å². The van der Waals surface area contributed by atoms with Crippen LogP contribution in [0.15, 0.2) is 58.6 Å². The van der Waals surface area contributed by atoms with Gasteiger partial charge in [-0.15, -0.1) is 0 Å². The molecule has 0 saturated carbocycles. The van der Waals surface area contributed by atoms with Crippen LogP contribution in [0.1, 0.15) is 18.1 Å². The van der Waals surface area contributed by atoms with E-state index in [0.29, 0.717) is 17.1 Å². The summed E-state index contributed by atoms with van der Waals surface area (Å²) in [5, 5.41) is 5.25. The zero-order chi connectivity index (χ0) is 20.5. The lowest BCUT2D eigenvalue weighted by Crippen LogP contribution is -2.17. The molecule has 1 aromatic carbocycles. The van der Waals surface area contributed by atoms with Crippen LogP contribution in [0.25, 0.3) is 21.6 Å². The molecule has 0 amide bonds. The summed E-state index contributed by atoms with van der Waals surface area (Å²) in [5.74, 6) is 0.201. The Labute approximate surface area is 170 Å². The number of nitrogen functional groups attached to an aromatic ring is 1. The first kappa shape index (κ1) is 18.8. The molecule has 0 radical (unpaired) electrons. The van der Waals surface area contributed by atoms with Gasteiger partial charge in [-0.05, 0) is 37.6 Å². The molecule has 0 saturated heterocycles. The van der Waals surface area contributed by atoms with Crippen LogP contribution < -0.4 is 11.3 Å². The number of benzene rings is 1. The lowest BCUT2D eigenvalue weighted by atomic mass is 10.0. The summed E-state index contributed by atoms with van der Waals surface area (Å²) in [6, 6.07) is 7.93. The van der Waals surface area contributed by atoms with Gasteiger partial charge >= 0.3 is 0 Å². The number of aromatic nitrogens is 3. The van der Waals surface area contributed by atoms with Gasteiger partial charge in [-0.2, -0.15) is 14.6 Å². The number of carbonyl (C=O) groups excluding carboxylic acids is 1. The number of hydrogen-bond acceptors (Lipinski definition) is 7. The molecule has 2 heterocycles. The first-order valence-electron chi connectivity index (χ1n) is 9.01. The van der Waals surface area contributed by atoms with Gasteiger partial charge in [-0.3, -0.25) is 9.59 Å². The fraction of sp³-hybridized carbons (Fsp3) is 0.143. The first-order valence-corrected chi connectivity index (χ1v) is 9.83. The zero-order valence-electron chi connectivity index (χ0n) is 15.9. The second-order valence-electron chi connectivity index (χ2n) is 6.47. The highest BCUT2D eigenvalue weighted by Crippen LogP contribution is 2.27. The van der Waals surface area contributed by atoms with Crippen LogP contribution in [0.5, 0.6) is 0 Å². The van der Waals surface area contributed by atoms with E-state index in [0.717, 1.165) is 16.1 Å². The molecule has 8 heteroatoms. The van der Waals surface area contributed by atoms with E-state index in [4.69, 9.17) is 10.5 Å². The Morgan fingerprint density at radius 3 is 2.69 bits per heavy atom. The number of anilines is 1. The molecule has 3 aromatic rings. The summed E-state index contributed by atoms with van der Waals surface area (Å²) >= 11 is 1.30. The Morgan fingerprint density at radius 2 is 1.97 bits per heavy atom. The Hall–Kier alpha value is -3.52. The molecule has 1 aliphatic rings. The predicted molar refractivity (Wildman–Crippen MR) is 114 cm³/mol. The Kier molecular flexibility index (Phi) is 4.85. The monoisotopic (exact) mass is 406 g/mol. The molecule has 146 valence electrons. The number of carbonyl (C=O) groups is 1. The highest BCUT2D eigenvalue weighted by Gasteiger charge is 2.16. The molecule has 7 nitrogen and oxygen atoms in total. The minimum Gasteiger partial charge on any atom is -0.490 e. The highest BCUT2D eigenvalue weighted by atomic mass is 32.1. The van der Waals surface area contributed by atoms with E-state index < -0.39 is 5.56 Å². The van der Waals surface area contributed by atoms with Crippen LogP contribution in [-0.4, -0.2) is 27.0 Å². The third-order valence-electron chi connectivity index (χ3n) is 4.37. The largest absolute Gasteiger partial charge is 0.490 e. The number of allylic oxidation sites excluding steroid dienone is 4.